The number of carboxylic acid groups (broad SMARTS) is 1. The molecule has 4 heterocycles. The minimum absolute atomic E-state index is 0.0347. The van der Waals surface area contributed by atoms with E-state index >= 15 is 0 Å². The van der Waals surface area contributed by atoms with E-state index in [4.69, 9.17) is 47.7 Å². The molecule has 86 heavy (non-hydrogen) atoms. The number of thiophene rings is 4. The van der Waals surface area contributed by atoms with Crippen molar-refractivity contribution in [2.24, 2.45) is 0 Å². The standard InChI is InChI=1S/C17H21NO5S.2C16H19NO5S.C11H10O4S/c1-5-23-16(19)6-7-18(2)17(20)15-9-11-8-12(21-3)13(22-4)10-14(11)24-15;1-4-22-15(19)5-6-17(2)16(20)14-8-10-7-12(21-3)11(18)9-13(10)23-14;1-4-22-15(19)5-6-17(2)16(20)14-8-10-7-11(18)12(21-3)9-13(10)23-14;1-14-7-3-6-4-10(11(12)13)16-9(6)5-8(7)15-2/h8-10H,5-7H2,1-4H3;2*7-9,18H,4-6H2,1-3H3;3-5H,1-2H3,(H,12,13). The van der Waals surface area contributed by atoms with E-state index in [2.05, 4.69) is 0 Å². The zero-order valence-corrected chi connectivity index (χ0v) is 52.9. The molecule has 26 heteroatoms. The van der Waals surface area contributed by atoms with Gasteiger partial charge in [0.2, 0.25) is 0 Å². The van der Waals surface area contributed by atoms with Gasteiger partial charge in [-0.3, -0.25) is 28.8 Å². The number of rotatable bonds is 22. The van der Waals surface area contributed by atoms with Gasteiger partial charge >= 0.3 is 23.9 Å². The third kappa shape index (κ3) is 18.2. The number of amides is 3. The van der Waals surface area contributed by atoms with Crippen LogP contribution in [0.15, 0.2) is 72.8 Å². The van der Waals surface area contributed by atoms with Crippen LogP contribution in [0.5, 0.6) is 46.0 Å². The van der Waals surface area contributed by atoms with Crippen molar-refractivity contribution < 1.29 is 91.5 Å². The van der Waals surface area contributed by atoms with Gasteiger partial charge in [0.15, 0.2) is 46.0 Å². The molecule has 462 valence electrons. The van der Waals surface area contributed by atoms with Crippen LogP contribution in [0.2, 0.25) is 0 Å². The molecule has 4 aromatic heterocycles. The van der Waals surface area contributed by atoms with E-state index in [0.29, 0.717) is 93.5 Å². The normalized spacial score (nSPS) is 10.5. The van der Waals surface area contributed by atoms with E-state index in [1.54, 1.807) is 125 Å². The van der Waals surface area contributed by atoms with E-state index in [9.17, 15) is 43.8 Å². The van der Waals surface area contributed by atoms with Gasteiger partial charge in [0.1, 0.15) is 4.88 Å². The van der Waals surface area contributed by atoms with Crippen molar-refractivity contribution in [1.29, 1.82) is 0 Å². The van der Waals surface area contributed by atoms with Gasteiger partial charge in [0, 0.05) is 83.8 Å². The van der Waals surface area contributed by atoms with Gasteiger partial charge in [0.05, 0.1) is 96.4 Å². The average molecular weight is 1260 g/mol. The maximum atomic E-state index is 12.5. The number of benzene rings is 4. The summed E-state index contributed by atoms with van der Waals surface area (Å²) in [6, 6.07) is 20.7. The Morgan fingerprint density at radius 1 is 0.372 bits per heavy atom. The SMILES string of the molecule is CCOC(=O)CCN(C)C(=O)c1cc2cc(O)c(OC)cc2s1.CCOC(=O)CCN(C)C(=O)c1cc2cc(OC)c(O)cc2s1.CCOC(=O)CCN(C)C(=O)c1cc2cc(OC)c(OC)cc2s1.COc1cc2cc(C(=O)O)sc2cc1OC. The quantitative estimate of drug-likeness (QED) is 0.0420. The Bertz CT molecular complexity index is 3470. The van der Waals surface area contributed by atoms with E-state index in [-0.39, 0.29) is 66.4 Å². The maximum Gasteiger partial charge on any atom is 0.345 e. The van der Waals surface area contributed by atoms with Crippen LogP contribution in [0.3, 0.4) is 0 Å². The summed E-state index contributed by atoms with van der Waals surface area (Å²) in [6.45, 7) is 7.15. The number of aromatic hydroxyl groups is 2. The molecule has 8 aromatic rings. The summed E-state index contributed by atoms with van der Waals surface area (Å²) in [5.74, 6) is 0.931. The number of carboxylic acids is 1. The van der Waals surface area contributed by atoms with Crippen molar-refractivity contribution in [3.05, 3.63) is 92.3 Å². The zero-order chi connectivity index (χ0) is 63.4. The van der Waals surface area contributed by atoms with Crippen molar-refractivity contribution in [3.63, 3.8) is 0 Å². The lowest BCUT2D eigenvalue weighted by molar-refractivity contribution is -0.144. The van der Waals surface area contributed by atoms with Crippen molar-refractivity contribution in [2.75, 3.05) is 103 Å². The van der Waals surface area contributed by atoms with Gasteiger partial charge < -0.3 is 72.7 Å². The van der Waals surface area contributed by atoms with Gasteiger partial charge in [-0.05, 0) is 90.8 Å². The molecule has 0 saturated carbocycles. The van der Waals surface area contributed by atoms with Crippen molar-refractivity contribution in [1.82, 2.24) is 14.7 Å². The molecule has 0 atom stereocenters. The number of aromatic carboxylic acids is 1. The second-order valence-corrected chi connectivity index (χ2v) is 22.5. The van der Waals surface area contributed by atoms with Crippen LogP contribution in [-0.4, -0.2) is 175 Å². The molecule has 22 nitrogen and oxygen atoms in total. The van der Waals surface area contributed by atoms with Gasteiger partial charge in [-0.2, -0.15) is 0 Å². The predicted molar refractivity (Wildman–Crippen MR) is 332 cm³/mol. The highest BCUT2D eigenvalue weighted by molar-refractivity contribution is 7.22. The zero-order valence-electron chi connectivity index (χ0n) is 49.6. The molecule has 0 unspecified atom stereocenters. The fourth-order valence-corrected chi connectivity index (χ4v) is 12.1. The van der Waals surface area contributed by atoms with Gasteiger partial charge in [-0.25, -0.2) is 4.79 Å². The van der Waals surface area contributed by atoms with E-state index in [1.807, 2.05) is 18.2 Å². The molecular formula is C60H69N3O19S4. The smallest absolute Gasteiger partial charge is 0.345 e. The number of methoxy groups -OCH3 is 6. The van der Waals surface area contributed by atoms with Crippen molar-refractivity contribution >= 4 is 127 Å². The molecule has 0 fully saturated rings. The second kappa shape index (κ2) is 32.6. The highest BCUT2D eigenvalue weighted by atomic mass is 32.1. The number of carbonyl (C=O) groups excluding carboxylic acids is 6. The predicted octanol–water partition coefficient (Wildman–Crippen LogP) is 10.8. The molecule has 8 rings (SSSR count). The lowest BCUT2D eigenvalue weighted by atomic mass is 10.2. The molecule has 0 aliphatic rings. The van der Waals surface area contributed by atoms with Crippen LogP contribution in [0.25, 0.3) is 40.3 Å². The fraction of sp³-hybridized carbons (Fsp3) is 0.350. The monoisotopic (exact) mass is 1260 g/mol. The number of nitrogens with zero attached hydrogens (tertiary/aromatic N) is 3. The minimum Gasteiger partial charge on any atom is -0.504 e. The van der Waals surface area contributed by atoms with Gasteiger partial charge in [0.25, 0.3) is 17.7 Å². The molecular weight excluding hydrogens is 1190 g/mol. The van der Waals surface area contributed by atoms with Crippen LogP contribution in [0.4, 0.5) is 0 Å². The lowest BCUT2D eigenvalue weighted by Crippen LogP contribution is -2.28. The fourth-order valence-electron chi connectivity index (χ4n) is 7.94. The lowest BCUT2D eigenvalue weighted by Gasteiger charge is -2.15. The number of phenolic OH excluding ortho intramolecular Hbond substituents is 2. The van der Waals surface area contributed by atoms with Gasteiger partial charge in [-0.1, -0.05) is 0 Å². The van der Waals surface area contributed by atoms with Crippen LogP contribution in [-0.2, 0) is 28.6 Å². The summed E-state index contributed by atoms with van der Waals surface area (Å²) >= 11 is 5.21. The first-order valence-electron chi connectivity index (χ1n) is 26.5. The molecule has 0 radical (unpaired) electrons. The maximum absolute atomic E-state index is 12.5. The third-order valence-electron chi connectivity index (χ3n) is 12.4. The summed E-state index contributed by atoms with van der Waals surface area (Å²) in [5.41, 5.74) is 0. The topological polar surface area (TPSA) is 273 Å². The number of phenols is 2. The molecule has 0 aliphatic carbocycles. The van der Waals surface area contributed by atoms with Crippen LogP contribution in [0.1, 0.15) is 78.7 Å². The Balaban J connectivity index is 0.000000211. The number of hydrogen-bond acceptors (Lipinski definition) is 22. The molecule has 0 saturated heterocycles. The van der Waals surface area contributed by atoms with Crippen LogP contribution >= 0.6 is 45.3 Å². The number of hydrogen-bond donors (Lipinski definition) is 3. The molecule has 0 bridgehead atoms. The highest BCUT2D eigenvalue weighted by Gasteiger charge is 2.21. The summed E-state index contributed by atoms with van der Waals surface area (Å²) in [5, 5.41) is 31.8. The number of fused-ring (bicyclic) bond motifs is 4. The average Bonchev–Trinajstić information content (AvgIpc) is 2.69. The Morgan fingerprint density at radius 3 is 0.953 bits per heavy atom. The highest BCUT2D eigenvalue weighted by Crippen LogP contribution is 2.40. The largest absolute Gasteiger partial charge is 0.504 e. The number of esters is 3. The third-order valence-corrected chi connectivity index (χ3v) is 16.8. The Labute approximate surface area is 512 Å². The number of carbonyl (C=O) groups is 7. The molecule has 4 aromatic carbocycles. The first-order valence-corrected chi connectivity index (χ1v) is 29.7. The number of ether oxygens (including phenoxy) is 9. The van der Waals surface area contributed by atoms with Crippen LogP contribution in [0, 0.1) is 0 Å². The summed E-state index contributed by atoms with van der Waals surface area (Å²) in [6.07, 6.45) is 0.508. The van der Waals surface area contributed by atoms with Crippen LogP contribution < -0.4 is 28.4 Å². The van der Waals surface area contributed by atoms with E-state index in [1.165, 1.54) is 74.3 Å². The summed E-state index contributed by atoms with van der Waals surface area (Å²) in [4.78, 5) is 88.8. The summed E-state index contributed by atoms with van der Waals surface area (Å²) < 4.78 is 49.0. The first-order chi connectivity index (χ1) is 41.1. The second-order valence-electron chi connectivity index (χ2n) is 18.2. The molecule has 3 amide bonds. The van der Waals surface area contributed by atoms with Crippen molar-refractivity contribution in [2.45, 2.75) is 40.0 Å². The van der Waals surface area contributed by atoms with E-state index < -0.39 is 5.97 Å². The first kappa shape index (κ1) is 68.2. The van der Waals surface area contributed by atoms with Gasteiger partial charge in [-0.15, -0.1) is 45.3 Å². The molecule has 0 aliphatic heterocycles. The summed E-state index contributed by atoms with van der Waals surface area (Å²) in [7, 11) is 14.2. The molecule has 3 N–H and O–H groups in total. The van der Waals surface area contributed by atoms with E-state index in [0.717, 1.165) is 40.3 Å². The Kier molecular flexibility index (Phi) is 25.9. The Hall–Kier alpha value is -8.59. The minimum atomic E-state index is -0.917. The Morgan fingerprint density at radius 2 is 0.628 bits per heavy atom. The molecule has 0 spiro atoms. The van der Waals surface area contributed by atoms with Crippen molar-refractivity contribution in [3.8, 4) is 46.0 Å².